The molecule has 1 amide bonds. The van der Waals surface area contributed by atoms with Gasteiger partial charge in [-0.3, -0.25) is 9.48 Å². The fourth-order valence-corrected chi connectivity index (χ4v) is 2.11. The first-order valence-electron chi connectivity index (χ1n) is 7.10. The predicted octanol–water partition coefficient (Wildman–Crippen LogP) is 2.09. The first-order chi connectivity index (χ1) is 10.2. The quantitative estimate of drug-likeness (QED) is 0.793. The molecule has 1 aromatic heterocycles. The lowest BCUT2D eigenvalue weighted by Gasteiger charge is -2.12. The summed E-state index contributed by atoms with van der Waals surface area (Å²) in [7, 11) is 0. The lowest BCUT2D eigenvalue weighted by atomic mass is 10.1. The number of ether oxygens (including phenoxy) is 1. The van der Waals surface area contributed by atoms with Gasteiger partial charge in [0.1, 0.15) is 12.4 Å². The van der Waals surface area contributed by atoms with Crippen LogP contribution in [-0.4, -0.2) is 28.8 Å². The van der Waals surface area contributed by atoms with Crippen LogP contribution in [0.25, 0.3) is 0 Å². The molecule has 5 nitrogen and oxygen atoms in total. The summed E-state index contributed by atoms with van der Waals surface area (Å²) >= 11 is 0. The van der Waals surface area contributed by atoms with Gasteiger partial charge in [-0.25, -0.2) is 0 Å². The van der Waals surface area contributed by atoms with E-state index >= 15 is 0 Å². The van der Waals surface area contributed by atoms with Gasteiger partial charge in [0.2, 0.25) is 5.91 Å². The smallest absolute Gasteiger partial charge is 0.221 e. The molecule has 0 radical (unpaired) electrons. The van der Waals surface area contributed by atoms with Crippen molar-refractivity contribution < 1.29 is 9.53 Å². The SMILES string of the molecule is Cc1cccc(C)c1OCCNC(=O)CCn1cccn1. The van der Waals surface area contributed by atoms with Gasteiger partial charge in [-0.15, -0.1) is 0 Å². The van der Waals surface area contributed by atoms with E-state index in [4.69, 9.17) is 4.74 Å². The third-order valence-corrected chi connectivity index (χ3v) is 3.21. The largest absolute Gasteiger partial charge is 0.491 e. The summed E-state index contributed by atoms with van der Waals surface area (Å²) < 4.78 is 7.48. The minimum absolute atomic E-state index is 0.00982. The number of hydrogen-bond donors (Lipinski definition) is 1. The Hall–Kier alpha value is -2.30. The fraction of sp³-hybridized carbons (Fsp3) is 0.375. The number of aromatic nitrogens is 2. The maximum Gasteiger partial charge on any atom is 0.221 e. The number of rotatable bonds is 7. The van der Waals surface area contributed by atoms with Crippen molar-refractivity contribution in [2.24, 2.45) is 0 Å². The van der Waals surface area contributed by atoms with Crippen LogP contribution in [0.15, 0.2) is 36.7 Å². The van der Waals surface area contributed by atoms with Crippen LogP contribution in [0, 0.1) is 13.8 Å². The number of amides is 1. The Kier molecular flexibility index (Phi) is 5.37. The normalized spacial score (nSPS) is 10.4. The lowest BCUT2D eigenvalue weighted by molar-refractivity contribution is -0.121. The van der Waals surface area contributed by atoms with Gasteiger partial charge in [0.25, 0.3) is 0 Å². The van der Waals surface area contributed by atoms with E-state index < -0.39 is 0 Å². The fourth-order valence-electron chi connectivity index (χ4n) is 2.11. The molecule has 0 bridgehead atoms. The second kappa shape index (κ2) is 7.47. The number of nitrogens with zero attached hydrogens (tertiary/aromatic N) is 2. The Bertz CT molecular complexity index is 559. The molecule has 0 unspecified atom stereocenters. The highest BCUT2D eigenvalue weighted by molar-refractivity contribution is 5.75. The second-order valence-electron chi connectivity index (χ2n) is 4.94. The van der Waals surface area contributed by atoms with E-state index in [0.717, 1.165) is 16.9 Å². The Morgan fingerprint density at radius 3 is 2.71 bits per heavy atom. The Morgan fingerprint density at radius 1 is 1.29 bits per heavy atom. The highest BCUT2D eigenvalue weighted by Crippen LogP contribution is 2.21. The zero-order valence-corrected chi connectivity index (χ0v) is 12.5. The standard InChI is InChI=1S/C16H21N3O2/c1-13-5-3-6-14(2)16(13)21-12-9-17-15(20)7-11-19-10-4-8-18-19/h3-6,8,10H,7,9,11-12H2,1-2H3,(H,17,20). The maximum absolute atomic E-state index is 11.7. The summed E-state index contributed by atoms with van der Waals surface area (Å²) in [4.78, 5) is 11.7. The van der Waals surface area contributed by atoms with Gasteiger partial charge >= 0.3 is 0 Å². The van der Waals surface area contributed by atoms with Crippen LogP contribution in [-0.2, 0) is 11.3 Å². The molecule has 0 aliphatic rings. The first-order valence-corrected chi connectivity index (χ1v) is 7.10. The molecule has 0 aliphatic carbocycles. The maximum atomic E-state index is 11.7. The molecular weight excluding hydrogens is 266 g/mol. The molecule has 0 spiro atoms. The monoisotopic (exact) mass is 287 g/mol. The van der Waals surface area contributed by atoms with Gasteiger partial charge in [0, 0.05) is 25.4 Å². The molecule has 112 valence electrons. The zero-order chi connectivity index (χ0) is 15.1. The molecule has 2 aromatic rings. The molecule has 5 heteroatoms. The molecule has 1 N–H and O–H groups in total. The molecule has 2 rings (SSSR count). The molecule has 1 aromatic carbocycles. The number of carbonyl (C=O) groups excluding carboxylic acids is 1. The van der Waals surface area contributed by atoms with Crippen molar-refractivity contribution in [1.82, 2.24) is 15.1 Å². The first kappa shape index (κ1) is 15.1. The van der Waals surface area contributed by atoms with Gasteiger partial charge in [0.05, 0.1) is 6.54 Å². The Morgan fingerprint density at radius 2 is 2.05 bits per heavy atom. The third-order valence-electron chi connectivity index (χ3n) is 3.21. The molecule has 0 saturated heterocycles. The number of carbonyl (C=O) groups is 1. The van der Waals surface area contributed by atoms with Crippen molar-refractivity contribution in [3.63, 3.8) is 0 Å². The number of nitrogens with one attached hydrogen (secondary N) is 1. The van der Waals surface area contributed by atoms with Crippen molar-refractivity contribution in [2.75, 3.05) is 13.2 Å². The van der Waals surface area contributed by atoms with Crippen molar-refractivity contribution in [3.05, 3.63) is 47.8 Å². The average molecular weight is 287 g/mol. The van der Waals surface area contributed by atoms with Gasteiger partial charge in [-0.2, -0.15) is 5.10 Å². The number of para-hydroxylation sites is 1. The highest BCUT2D eigenvalue weighted by Gasteiger charge is 2.04. The third kappa shape index (κ3) is 4.63. The zero-order valence-electron chi connectivity index (χ0n) is 12.5. The topological polar surface area (TPSA) is 56.1 Å². The summed E-state index contributed by atoms with van der Waals surface area (Å²) in [5.74, 6) is 0.916. The molecule has 21 heavy (non-hydrogen) atoms. The molecular formula is C16H21N3O2. The summed E-state index contributed by atoms with van der Waals surface area (Å²) in [6.07, 6.45) is 3.97. The number of aryl methyl sites for hydroxylation is 3. The highest BCUT2D eigenvalue weighted by atomic mass is 16.5. The predicted molar refractivity (Wildman–Crippen MR) is 81.3 cm³/mol. The van der Waals surface area contributed by atoms with Crippen molar-refractivity contribution in [3.8, 4) is 5.75 Å². The van der Waals surface area contributed by atoms with Crippen LogP contribution in [0.3, 0.4) is 0 Å². The summed E-state index contributed by atoms with van der Waals surface area (Å²) in [6, 6.07) is 7.89. The lowest BCUT2D eigenvalue weighted by Crippen LogP contribution is -2.29. The molecule has 0 saturated carbocycles. The molecule has 0 aliphatic heterocycles. The minimum atomic E-state index is 0.00982. The van der Waals surface area contributed by atoms with E-state index in [9.17, 15) is 4.79 Å². The molecule has 0 atom stereocenters. The van der Waals surface area contributed by atoms with Crippen molar-refractivity contribution >= 4 is 5.91 Å². The Balaban J connectivity index is 1.66. The van der Waals surface area contributed by atoms with Crippen LogP contribution in [0.1, 0.15) is 17.5 Å². The van der Waals surface area contributed by atoms with Gasteiger partial charge in [0.15, 0.2) is 0 Å². The molecule has 0 fully saturated rings. The summed E-state index contributed by atoms with van der Waals surface area (Å²) in [6.45, 7) is 5.61. The van der Waals surface area contributed by atoms with E-state index in [1.54, 1.807) is 10.9 Å². The summed E-state index contributed by atoms with van der Waals surface area (Å²) in [5.41, 5.74) is 2.22. The van der Waals surface area contributed by atoms with E-state index in [1.807, 2.05) is 44.3 Å². The van der Waals surface area contributed by atoms with E-state index in [2.05, 4.69) is 10.4 Å². The second-order valence-corrected chi connectivity index (χ2v) is 4.94. The minimum Gasteiger partial charge on any atom is -0.491 e. The van der Waals surface area contributed by atoms with Crippen molar-refractivity contribution in [1.29, 1.82) is 0 Å². The van der Waals surface area contributed by atoms with E-state index in [0.29, 0.717) is 26.1 Å². The molecule has 1 heterocycles. The van der Waals surface area contributed by atoms with Gasteiger partial charge in [-0.1, -0.05) is 18.2 Å². The van der Waals surface area contributed by atoms with Crippen LogP contribution in [0.4, 0.5) is 0 Å². The number of hydrogen-bond acceptors (Lipinski definition) is 3. The van der Waals surface area contributed by atoms with Crippen LogP contribution < -0.4 is 10.1 Å². The summed E-state index contributed by atoms with van der Waals surface area (Å²) in [5, 5.41) is 6.90. The van der Waals surface area contributed by atoms with E-state index in [-0.39, 0.29) is 5.91 Å². The number of benzene rings is 1. The van der Waals surface area contributed by atoms with Gasteiger partial charge < -0.3 is 10.1 Å². The van der Waals surface area contributed by atoms with Crippen LogP contribution in [0.5, 0.6) is 5.75 Å². The Labute approximate surface area is 124 Å². The average Bonchev–Trinajstić information content (AvgIpc) is 2.97. The van der Waals surface area contributed by atoms with Crippen LogP contribution >= 0.6 is 0 Å². The van der Waals surface area contributed by atoms with E-state index in [1.165, 1.54) is 0 Å². The van der Waals surface area contributed by atoms with Gasteiger partial charge in [-0.05, 0) is 31.0 Å². The van der Waals surface area contributed by atoms with Crippen LogP contribution in [0.2, 0.25) is 0 Å². The van der Waals surface area contributed by atoms with Crippen molar-refractivity contribution in [2.45, 2.75) is 26.8 Å².